The first-order valence-corrected chi connectivity index (χ1v) is 7.92. The first-order valence-electron chi connectivity index (χ1n) is 6.87. The van der Waals surface area contributed by atoms with Crippen LogP contribution in [0.15, 0.2) is 41.2 Å². The molecule has 1 aliphatic rings. The third-order valence-corrected chi connectivity index (χ3v) is 4.89. The molecule has 2 heterocycles. The van der Waals surface area contributed by atoms with Gasteiger partial charge in [0.25, 0.3) is 0 Å². The number of hydrogen-bond acceptors (Lipinski definition) is 5. The topological polar surface area (TPSA) is 51.9 Å². The van der Waals surface area contributed by atoms with E-state index in [-0.39, 0.29) is 11.3 Å². The number of methoxy groups -OCH3 is 2. The minimum absolute atomic E-state index is 0.0157. The number of amides is 1. The summed E-state index contributed by atoms with van der Waals surface area (Å²) in [5.74, 6) is 2.05. The van der Waals surface area contributed by atoms with Crippen LogP contribution in [-0.4, -0.2) is 30.8 Å². The zero-order valence-electron chi connectivity index (χ0n) is 12.4. The molecule has 0 bridgehead atoms. The summed E-state index contributed by atoms with van der Waals surface area (Å²) in [7, 11) is 3.23. The van der Waals surface area contributed by atoms with E-state index in [4.69, 9.17) is 13.9 Å². The normalized spacial score (nSPS) is 17.8. The maximum Gasteiger partial charge on any atom is 0.234 e. The van der Waals surface area contributed by atoms with Crippen molar-refractivity contribution in [3.8, 4) is 11.5 Å². The van der Waals surface area contributed by atoms with E-state index >= 15 is 0 Å². The SMILES string of the molecule is COc1ccc(CN2C(=O)CSC2c2ccoc2)c(OC)c1. The fourth-order valence-corrected chi connectivity index (χ4v) is 3.65. The Morgan fingerprint density at radius 1 is 1.32 bits per heavy atom. The number of ether oxygens (including phenoxy) is 2. The molecule has 6 heteroatoms. The van der Waals surface area contributed by atoms with Gasteiger partial charge in [-0.25, -0.2) is 0 Å². The molecule has 5 nitrogen and oxygen atoms in total. The molecule has 1 aliphatic heterocycles. The molecule has 22 heavy (non-hydrogen) atoms. The second-order valence-corrected chi connectivity index (χ2v) is 5.99. The smallest absolute Gasteiger partial charge is 0.234 e. The molecule has 0 aliphatic carbocycles. The highest BCUT2D eigenvalue weighted by molar-refractivity contribution is 8.00. The van der Waals surface area contributed by atoms with E-state index in [2.05, 4.69) is 0 Å². The summed E-state index contributed by atoms with van der Waals surface area (Å²) in [6.07, 6.45) is 3.32. The van der Waals surface area contributed by atoms with Crippen LogP contribution in [0, 0.1) is 0 Å². The van der Waals surface area contributed by atoms with Crippen LogP contribution < -0.4 is 9.47 Å². The summed E-state index contributed by atoms with van der Waals surface area (Å²) in [6.45, 7) is 0.495. The Labute approximate surface area is 133 Å². The quantitative estimate of drug-likeness (QED) is 0.848. The Kier molecular flexibility index (Phi) is 4.29. The van der Waals surface area contributed by atoms with Crippen LogP contribution in [0.3, 0.4) is 0 Å². The van der Waals surface area contributed by atoms with Gasteiger partial charge in [0, 0.05) is 17.2 Å². The zero-order valence-corrected chi connectivity index (χ0v) is 13.3. The largest absolute Gasteiger partial charge is 0.497 e. The van der Waals surface area contributed by atoms with Crippen molar-refractivity contribution < 1.29 is 18.7 Å². The molecular formula is C16H17NO4S. The lowest BCUT2D eigenvalue weighted by molar-refractivity contribution is -0.128. The number of carbonyl (C=O) groups is 1. The van der Waals surface area contributed by atoms with Crippen molar-refractivity contribution in [2.24, 2.45) is 0 Å². The number of thioether (sulfide) groups is 1. The van der Waals surface area contributed by atoms with Crippen molar-refractivity contribution in [3.63, 3.8) is 0 Å². The highest BCUT2D eigenvalue weighted by atomic mass is 32.2. The van der Waals surface area contributed by atoms with Crippen LogP contribution in [0.1, 0.15) is 16.5 Å². The fraction of sp³-hybridized carbons (Fsp3) is 0.312. The Morgan fingerprint density at radius 2 is 2.18 bits per heavy atom. The van der Waals surface area contributed by atoms with E-state index in [1.54, 1.807) is 38.5 Å². The van der Waals surface area contributed by atoms with Gasteiger partial charge in [-0.3, -0.25) is 4.79 Å². The predicted octanol–water partition coefficient (Wildman–Crippen LogP) is 3.07. The van der Waals surface area contributed by atoms with Crippen LogP contribution >= 0.6 is 11.8 Å². The van der Waals surface area contributed by atoms with E-state index in [0.717, 1.165) is 22.6 Å². The molecule has 0 N–H and O–H groups in total. The minimum atomic E-state index is -0.0157. The van der Waals surface area contributed by atoms with Crippen molar-refractivity contribution >= 4 is 17.7 Å². The number of rotatable bonds is 5. The van der Waals surface area contributed by atoms with Gasteiger partial charge in [-0.05, 0) is 18.2 Å². The first kappa shape index (κ1) is 14.8. The van der Waals surface area contributed by atoms with Crippen LogP contribution in [0.25, 0.3) is 0 Å². The van der Waals surface area contributed by atoms with Crippen molar-refractivity contribution in [2.75, 3.05) is 20.0 Å². The molecule has 1 aromatic carbocycles. The highest BCUT2D eigenvalue weighted by Crippen LogP contribution is 2.40. The number of furan rings is 1. The third-order valence-electron chi connectivity index (χ3n) is 3.63. The van der Waals surface area contributed by atoms with E-state index < -0.39 is 0 Å². The van der Waals surface area contributed by atoms with Gasteiger partial charge in [0.1, 0.15) is 16.9 Å². The second kappa shape index (κ2) is 6.36. The molecule has 0 saturated carbocycles. The van der Waals surface area contributed by atoms with Crippen molar-refractivity contribution in [3.05, 3.63) is 47.9 Å². The van der Waals surface area contributed by atoms with Gasteiger partial charge in [0.2, 0.25) is 5.91 Å². The molecular weight excluding hydrogens is 302 g/mol. The van der Waals surface area contributed by atoms with E-state index in [9.17, 15) is 4.79 Å². The van der Waals surface area contributed by atoms with Gasteiger partial charge in [-0.2, -0.15) is 0 Å². The molecule has 0 spiro atoms. The molecule has 1 fully saturated rings. The Hall–Kier alpha value is -2.08. The lowest BCUT2D eigenvalue weighted by Gasteiger charge is -2.24. The number of benzene rings is 1. The lowest BCUT2D eigenvalue weighted by Crippen LogP contribution is -2.27. The van der Waals surface area contributed by atoms with Crippen LogP contribution in [-0.2, 0) is 11.3 Å². The van der Waals surface area contributed by atoms with Gasteiger partial charge in [-0.15, -0.1) is 11.8 Å². The van der Waals surface area contributed by atoms with Crippen LogP contribution in [0.4, 0.5) is 0 Å². The van der Waals surface area contributed by atoms with E-state index in [0.29, 0.717) is 12.3 Å². The van der Waals surface area contributed by atoms with Crippen molar-refractivity contribution in [1.82, 2.24) is 4.90 Å². The Balaban J connectivity index is 1.86. The van der Waals surface area contributed by atoms with Gasteiger partial charge < -0.3 is 18.8 Å². The average molecular weight is 319 g/mol. The molecule has 1 saturated heterocycles. The summed E-state index contributed by atoms with van der Waals surface area (Å²) in [4.78, 5) is 14.1. The van der Waals surface area contributed by atoms with E-state index in [1.807, 2.05) is 29.2 Å². The van der Waals surface area contributed by atoms with Gasteiger partial charge in [-0.1, -0.05) is 0 Å². The Bertz CT molecular complexity index is 656. The molecule has 3 rings (SSSR count). The van der Waals surface area contributed by atoms with Crippen LogP contribution in [0.5, 0.6) is 11.5 Å². The van der Waals surface area contributed by atoms with Crippen molar-refractivity contribution in [1.29, 1.82) is 0 Å². The summed E-state index contributed by atoms with van der Waals surface area (Å²) in [6, 6.07) is 7.53. The standard InChI is InChI=1S/C16H17NO4S/c1-19-13-4-3-11(14(7-13)20-2)8-17-15(18)10-22-16(17)12-5-6-21-9-12/h3-7,9,16H,8,10H2,1-2H3. The monoisotopic (exact) mass is 319 g/mol. The summed E-state index contributed by atoms with van der Waals surface area (Å²) in [5.41, 5.74) is 1.95. The predicted molar refractivity (Wildman–Crippen MR) is 84.0 cm³/mol. The Morgan fingerprint density at radius 3 is 2.86 bits per heavy atom. The molecule has 1 atom stereocenters. The summed E-state index contributed by atoms with van der Waals surface area (Å²) in [5, 5.41) is -0.0157. The molecule has 1 amide bonds. The molecule has 116 valence electrons. The number of hydrogen-bond donors (Lipinski definition) is 0. The third kappa shape index (κ3) is 2.78. The van der Waals surface area contributed by atoms with Gasteiger partial charge >= 0.3 is 0 Å². The molecule has 1 aromatic heterocycles. The van der Waals surface area contributed by atoms with Crippen LogP contribution in [0.2, 0.25) is 0 Å². The maximum atomic E-state index is 12.2. The summed E-state index contributed by atoms with van der Waals surface area (Å²) >= 11 is 1.61. The molecule has 0 radical (unpaired) electrons. The maximum absolute atomic E-state index is 12.2. The van der Waals surface area contributed by atoms with Crippen molar-refractivity contribution in [2.45, 2.75) is 11.9 Å². The van der Waals surface area contributed by atoms with E-state index in [1.165, 1.54) is 0 Å². The lowest BCUT2D eigenvalue weighted by atomic mass is 10.1. The fourth-order valence-electron chi connectivity index (χ4n) is 2.48. The first-order chi connectivity index (χ1) is 10.7. The molecule has 1 unspecified atom stereocenters. The zero-order chi connectivity index (χ0) is 15.5. The summed E-state index contributed by atoms with van der Waals surface area (Å²) < 4.78 is 15.8. The van der Waals surface area contributed by atoms with Gasteiger partial charge in [0.05, 0.1) is 39.0 Å². The number of nitrogens with zero attached hydrogens (tertiary/aromatic N) is 1. The molecule has 2 aromatic rings. The second-order valence-electron chi connectivity index (χ2n) is 4.92. The number of carbonyl (C=O) groups excluding carboxylic acids is 1. The minimum Gasteiger partial charge on any atom is -0.497 e. The van der Waals surface area contributed by atoms with Gasteiger partial charge in [0.15, 0.2) is 0 Å². The highest BCUT2D eigenvalue weighted by Gasteiger charge is 2.33. The average Bonchev–Trinajstić information content (AvgIpc) is 3.18.